The number of benzene rings is 1. The zero-order chi connectivity index (χ0) is 29.1. The first-order valence-corrected chi connectivity index (χ1v) is 14.3. The summed E-state index contributed by atoms with van der Waals surface area (Å²) in [7, 11) is 1.26. The lowest BCUT2D eigenvalue weighted by Crippen LogP contribution is -2.37. The highest BCUT2D eigenvalue weighted by molar-refractivity contribution is 7.11. The van der Waals surface area contributed by atoms with Crippen molar-refractivity contribution in [1.29, 1.82) is 0 Å². The van der Waals surface area contributed by atoms with E-state index in [0.29, 0.717) is 53.6 Å². The van der Waals surface area contributed by atoms with E-state index in [9.17, 15) is 18.4 Å². The molecule has 2 aliphatic rings. The second kappa shape index (κ2) is 12.4. The molecular formula is C28H26ClF2N5O4S. The molecule has 1 fully saturated rings. The standard InChI is InChI=1S/C28H26ClF2N5O4S/c1-3-40-27(37)16-12-33-24(34-13-16)15-6-4-14(5-7-15)22-19(28(38)39-2)23(17-8-9-18(30)21(31)20(17)29)36-25(35-22)26-32-10-11-41-26/h8-15,23H,3-7H2,1-2H3,(H,35,36)/t14-,15+,23?. The normalized spacial score (nSPS) is 20.7. The lowest BCUT2D eigenvalue weighted by molar-refractivity contribution is -0.136. The Morgan fingerprint density at radius 3 is 2.41 bits per heavy atom. The maximum absolute atomic E-state index is 14.5. The van der Waals surface area contributed by atoms with E-state index in [1.807, 2.05) is 0 Å². The van der Waals surface area contributed by atoms with Crippen LogP contribution in [0, 0.1) is 17.6 Å². The molecule has 9 nitrogen and oxygen atoms in total. The smallest absolute Gasteiger partial charge is 0.341 e. The number of carbonyl (C=O) groups excluding carboxylic acids is 2. The summed E-state index contributed by atoms with van der Waals surface area (Å²) in [5, 5.41) is 5.21. The highest BCUT2D eigenvalue weighted by atomic mass is 35.5. The van der Waals surface area contributed by atoms with E-state index in [2.05, 4.69) is 25.3 Å². The van der Waals surface area contributed by atoms with E-state index in [1.54, 1.807) is 18.5 Å². The quantitative estimate of drug-likeness (QED) is 0.277. The molecule has 1 aliphatic heterocycles. The van der Waals surface area contributed by atoms with Crippen molar-refractivity contribution in [1.82, 2.24) is 20.3 Å². The minimum absolute atomic E-state index is 0.0526. The minimum atomic E-state index is -1.21. The van der Waals surface area contributed by atoms with Crippen molar-refractivity contribution in [2.75, 3.05) is 13.7 Å². The third kappa shape index (κ3) is 5.84. The van der Waals surface area contributed by atoms with Crippen molar-refractivity contribution in [3.8, 4) is 0 Å². The zero-order valence-corrected chi connectivity index (χ0v) is 23.8. The van der Waals surface area contributed by atoms with Crippen LogP contribution in [0.15, 0.2) is 52.4 Å². The van der Waals surface area contributed by atoms with Crippen LogP contribution in [0.25, 0.3) is 0 Å². The molecule has 2 aromatic heterocycles. The molecule has 214 valence electrons. The number of rotatable bonds is 7. The van der Waals surface area contributed by atoms with E-state index < -0.39 is 34.6 Å². The first kappa shape index (κ1) is 28.7. The van der Waals surface area contributed by atoms with Gasteiger partial charge in [-0.2, -0.15) is 0 Å². The number of nitrogens with one attached hydrogen (secondary N) is 1. The van der Waals surface area contributed by atoms with E-state index in [-0.39, 0.29) is 29.6 Å². The summed E-state index contributed by atoms with van der Waals surface area (Å²) in [6.07, 6.45) is 7.33. The summed E-state index contributed by atoms with van der Waals surface area (Å²) in [6.45, 7) is 1.99. The lowest BCUT2D eigenvalue weighted by atomic mass is 9.77. The molecule has 1 atom stereocenters. The number of carbonyl (C=O) groups is 2. The number of hydrogen-bond donors (Lipinski definition) is 1. The Balaban J connectivity index is 1.47. The number of thiazole rings is 1. The number of hydrogen-bond acceptors (Lipinski definition) is 10. The third-order valence-electron chi connectivity index (χ3n) is 7.16. The van der Waals surface area contributed by atoms with E-state index in [1.165, 1.54) is 36.9 Å². The number of esters is 2. The summed E-state index contributed by atoms with van der Waals surface area (Å²) in [4.78, 5) is 43.0. The molecule has 0 amide bonds. The monoisotopic (exact) mass is 601 g/mol. The van der Waals surface area contributed by atoms with E-state index >= 15 is 0 Å². The fourth-order valence-electron chi connectivity index (χ4n) is 5.16. The van der Waals surface area contributed by atoms with Crippen molar-refractivity contribution >= 4 is 40.7 Å². The van der Waals surface area contributed by atoms with Crippen LogP contribution in [0.2, 0.25) is 5.02 Å². The van der Waals surface area contributed by atoms with Gasteiger partial charge < -0.3 is 14.8 Å². The molecular weight excluding hydrogens is 576 g/mol. The first-order valence-electron chi connectivity index (χ1n) is 13.0. The second-order valence-corrected chi connectivity index (χ2v) is 10.8. The number of nitrogens with zero attached hydrogens (tertiary/aromatic N) is 4. The van der Waals surface area contributed by atoms with Gasteiger partial charge in [0.15, 0.2) is 22.5 Å². The van der Waals surface area contributed by atoms with Crippen molar-refractivity contribution in [2.24, 2.45) is 10.9 Å². The van der Waals surface area contributed by atoms with Gasteiger partial charge >= 0.3 is 11.9 Å². The van der Waals surface area contributed by atoms with Crippen LogP contribution in [-0.2, 0) is 14.3 Å². The Bertz CT molecular complexity index is 1510. The summed E-state index contributed by atoms with van der Waals surface area (Å²) in [5.41, 5.74) is 1.20. The minimum Gasteiger partial charge on any atom is -0.466 e. The summed E-state index contributed by atoms with van der Waals surface area (Å²) < 4.78 is 38.6. The van der Waals surface area contributed by atoms with Crippen molar-refractivity contribution in [2.45, 2.75) is 44.6 Å². The molecule has 1 aromatic carbocycles. The van der Waals surface area contributed by atoms with Crippen LogP contribution in [0.3, 0.4) is 0 Å². The van der Waals surface area contributed by atoms with Crippen LogP contribution in [0.1, 0.15) is 71.3 Å². The molecule has 1 aliphatic carbocycles. The summed E-state index contributed by atoms with van der Waals surface area (Å²) in [5.74, 6) is -2.47. The van der Waals surface area contributed by atoms with Gasteiger partial charge in [0.1, 0.15) is 11.9 Å². The molecule has 0 radical (unpaired) electrons. The van der Waals surface area contributed by atoms with E-state index in [0.717, 1.165) is 6.07 Å². The second-order valence-electron chi connectivity index (χ2n) is 9.52. The van der Waals surface area contributed by atoms with Crippen LogP contribution < -0.4 is 5.32 Å². The maximum atomic E-state index is 14.5. The molecule has 13 heteroatoms. The van der Waals surface area contributed by atoms with Gasteiger partial charge in [0, 0.05) is 41.1 Å². The Morgan fingerprint density at radius 1 is 1.07 bits per heavy atom. The number of allylic oxidation sites excluding steroid dienone is 1. The highest BCUT2D eigenvalue weighted by Gasteiger charge is 2.38. The molecule has 1 saturated carbocycles. The van der Waals surface area contributed by atoms with Gasteiger partial charge in [0.25, 0.3) is 0 Å². The largest absolute Gasteiger partial charge is 0.466 e. The molecule has 0 spiro atoms. The van der Waals surface area contributed by atoms with E-state index in [4.69, 9.17) is 21.1 Å². The number of methoxy groups -OCH3 is 1. The number of amidine groups is 1. The van der Waals surface area contributed by atoms with Crippen molar-refractivity contribution in [3.63, 3.8) is 0 Å². The predicted octanol–water partition coefficient (Wildman–Crippen LogP) is 5.53. The van der Waals surface area contributed by atoms with Gasteiger partial charge in [0.2, 0.25) is 0 Å². The zero-order valence-electron chi connectivity index (χ0n) is 22.2. The van der Waals surface area contributed by atoms with Crippen molar-refractivity contribution in [3.05, 3.63) is 86.0 Å². The number of aromatic nitrogens is 3. The number of aliphatic imine (C=N–C) groups is 1. The summed E-state index contributed by atoms with van der Waals surface area (Å²) in [6, 6.07) is 1.25. The average Bonchev–Trinajstić information content (AvgIpc) is 3.55. The average molecular weight is 602 g/mol. The fourth-order valence-corrected chi connectivity index (χ4v) is 6.00. The molecule has 0 saturated heterocycles. The van der Waals surface area contributed by atoms with Crippen LogP contribution >= 0.6 is 22.9 Å². The lowest BCUT2D eigenvalue weighted by Gasteiger charge is -2.34. The Hall–Kier alpha value is -3.77. The van der Waals surface area contributed by atoms with Crippen molar-refractivity contribution < 1.29 is 27.8 Å². The maximum Gasteiger partial charge on any atom is 0.341 e. The van der Waals surface area contributed by atoms with Gasteiger partial charge in [-0.05, 0) is 44.6 Å². The molecule has 3 aromatic rings. The molecule has 1 unspecified atom stereocenters. The molecule has 5 rings (SSSR count). The molecule has 0 bridgehead atoms. The fraction of sp³-hybridized carbons (Fsp3) is 0.357. The molecule has 3 heterocycles. The Labute approximate surface area is 243 Å². The Kier molecular flexibility index (Phi) is 8.69. The van der Waals surface area contributed by atoms with Gasteiger partial charge in [-0.3, -0.25) is 4.99 Å². The number of halogens is 3. The van der Waals surface area contributed by atoms with Crippen LogP contribution in [0.5, 0.6) is 0 Å². The number of ether oxygens (including phenoxy) is 2. The topological polar surface area (TPSA) is 116 Å². The Morgan fingerprint density at radius 2 is 1.78 bits per heavy atom. The highest BCUT2D eigenvalue weighted by Crippen LogP contribution is 2.43. The van der Waals surface area contributed by atoms with Crippen LogP contribution in [0.4, 0.5) is 8.78 Å². The van der Waals surface area contributed by atoms with Crippen LogP contribution in [-0.4, -0.2) is 46.4 Å². The third-order valence-corrected chi connectivity index (χ3v) is 8.32. The van der Waals surface area contributed by atoms with Gasteiger partial charge in [-0.1, -0.05) is 17.7 Å². The molecule has 1 N–H and O–H groups in total. The predicted molar refractivity (Wildman–Crippen MR) is 148 cm³/mol. The van der Waals surface area contributed by atoms with Gasteiger partial charge in [0.05, 0.1) is 29.9 Å². The SMILES string of the molecule is CCOC(=O)c1cnc([C@H]2CC[C@@H](C3=C(C(=O)OC)C(c4ccc(F)c(F)c4Cl)N=C(c4nccs4)N3)CC2)nc1. The first-order chi connectivity index (χ1) is 19.8. The summed E-state index contributed by atoms with van der Waals surface area (Å²) >= 11 is 7.60. The van der Waals surface area contributed by atoms with Gasteiger partial charge in [-0.25, -0.2) is 33.3 Å². The van der Waals surface area contributed by atoms with Gasteiger partial charge in [-0.15, -0.1) is 11.3 Å². The molecule has 41 heavy (non-hydrogen) atoms.